The van der Waals surface area contributed by atoms with Crippen molar-refractivity contribution in [2.75, 3.05) is 6.61 Å². The topological polar surface area (TPSA) is 32.3 Å². The highest BCUT2D eigenvalue weighted by molar-refractivity contribution is 4.83. The average Bonchev–Trinajstić information content (AvgIpc) is 2.62. The third-order valence-electron chi connectivity index (χ3n) is 3.48. The third-order valence-corrected chi connectivity index (χ3v) is 3.48. The lowest BCUT2D eigenvalue weighted by Gasteiger charge is -2.24. The highest BCUT2D eigenvalue weighted by Crippen LogP contribution is 2.28. The van der Waals surface area contributed by atoms with Gasteiger partial charge in [-0.15, -0.1) is 0 Å². The number of rotatable bonds is 6. The number of aliphatic hydroxyl groups is 1. The first kappa shape index (κ1) is 12.0. The number of nitrogens with one attached hydrogen (secondary N) is 1. The zero-order valence-electron chi connectivity index (χ0n) is 9.63. The number of hydrogen-bond donors (Lipinski definition) is 2. The molecule has 0 amide bonds. The molecule has 0 radical (unpaired) electrons. The summed E-state index contributed by atoms with van der Waals surface area (Å²) in [6, 6.07) is 1.31. The van der Waals surface area contributed by atoms with Crippen LogP contribution in [0, 0.1) is 5.92 Å². The molecule has 3 unspecified atom stereocenters. The maximum Gasteiger partial charge on any atom is 0.0431 e. The van der Waals surface area contributed by atoms with Gasteiger partial charge >= 0.3 is 0 Å². The van der Waals surface area contributed by atoms with Crippen molar-refractivity contribution < 1.29 is 5.11 Å². The Morgan fingerprint density at radius 2 is 2.21 bits per heavy atom. The third kappa shape index (κ3) is 3.58. The molecular weight excluding hydrogens is 174 g/mol. The van der Waals surface area contributed by atoms with Crippen LogP contribution in [0.3, 0.4) is 0 Å². The maximum absolute atomic E-state index is 8.75. The molecule has 14 heavy (non-hydrogen) atoms. The van der Waals surface area contributed by atoms with Crippen LogP contribution in [0.4, 0.5) is 0 Å². The predicted molar refractivity (Wildman–Crippen MR) is 60.3 cm³/mol. The fourth-order valence-corrected chi connectivity index (χ4v) is 2.59. The molecule has 0 spiro atoms. The fraction of sp³-hybridized carbons (Fsp3) is 1.00. The standard InChI is InChI=1S/C12H25NO/c1-3-11-7-4-8-12(11)13-10(2)6-5-9-14/h10-14H,3-9H2,1-2H3. The van der Waals surface area contributed by atoms with Crippen molar-refractivity contribution in [2.45, 2.75) is 64.5 Å². The summed E-state index contributed by atoms with van der Waals surface area (Å²) in [6.07, 6.45) is 7.48. The Morgan fingerprint density at radius 3 is 2.86 bits per heavy atom. The second kappa shape index (κ2) is 6.41. The van der Waals surface area contributed by atoms with E-state index in [0.717, 1.165) is 24.8 Å². The molecule has 1 rings (SSSR count). The van der Waals surface area contributed by atoms with E-state index < -0.39 is 0 Å². The Labute approximate surface area is 88.1 Å². The number of aliphatic hydroxyl groups excluding tert-OH is 1. The van der Waals surface area contributed by atoms with Crippen molar-refractivity contribution in [3.05, 3.63) is 0 Å². The minimum Gasteiger partial charge on any atom is -0.396 e. The van der Waals surface area contributed by atoms with Gasteiger partial charge in [-0.3, -0.25) is 0 Å². The monoisotopic (exact) mass is 199 g/mol. The molecule has 84 valence electrons. The van der Waals surface area contributed by atoms with Crippen LogP contribution in [0.25, 0.3) is 0 Å². The van der Waals surface area contributed by atoms with Crippen molar-refractivity contribution in [3.8, 4) is 0 Å². The van der Waals surface area contributed by atoms with Gasteiger partial charge < -0.3 is 10.4 Å². The molecule has 0 bridgehead atoms. The summed E-state index contributed by atoms with van der Waals surface area (Å²) in [5, 5.41) is 12.4. The van der Waals surface area contributed by atoms with Gasteiger partial charge in [-0.2, -0.15) is 0 Å². The van der Waals surface area contributed by atoms with Crippen LogP contribution >= 0.6 is 0 Å². The molecule has 2 nitrogen and oxygen atoms in total. The number of hydrogen-bond acceptors (Lipinski definition) is 2. The van der Waals surface area contributed by atoms with E-state index in [-0.39, 0.29) is 0 Å². The molecule has 0 aromatic heterocycles. The van der Waals surface area contributed by atoms with E-state index in [2.05, 4.69) is 19.2 Å². The maximum atomic E-state index is 8.75. The first-order valence-electron chi connectivity index (χ1n) is 6.14. The lowest BCUT2D eigenvalue weighted by molar-refractivity contribution is 0.268. The van der Waals surface area contributed by atoms with E-state index in [1.165, 1.54) is 25.7 Å². The minimum atomic E-state index is 0.327. The molecule has 1 saturated carbocycles. The van der Waals surface area contributed by atoms with Crippen LogP contribution in [0.2, 0.25) is 0 Å². The van der Waals surface area contributed by atoms with E-state index in [9.17, 15) is 0 Å². The van der Waals surface area contributed by atoms with Gasteiger partial charge in [-0.1, -0.05) is 19.8 Å². The Morgan fingerprint density at radius 1 is 1.43 bits per heavy atom. The summed E-state index contributed by atoms with van der Waals surface area (Å²) in [5.41, 5.74) is 0. The SMILES string of the molecule is CCC1CCCC1NC(C)CCCO. The van der Waals surface area contributed by atoms with E-state index in [4.69, 9.17) is 5.11 Å². The molecule has 2 heteroatoms. The van der Waals surface area contributed by atoms with Crippen LogP contribution in [-0.4, -0.2) is 23.8 Å². The van der Waals surface area contributed by atoms with Gasteiger partial charge in [0.1, 0.15) is 0 Å². The largest absolute Gasteiger partial charge is 0.396 e. The van der Waals surface area contributed by atoms with Crippen molar-refractivity contribution >= 4 is 0 Å². The zero-order valence-corrected chi connectivity index (χ0v) is 9.63. The van der Waals surface area contributed by atoms with Gasteiger partial charge in [0.15, 0.2) is 0 Å². The summed E-state index contributed by atoms with van der Waals surface area (Å²) in [5.74, 6) is 0.895. The summed E-state index contributed by atoms with van der Waals surface area (Å²) in [6.45, 7) is 4.86. The first-order valence-corrected chi connectivity index (χ1v) is 6.14. The first-order chi connectivity index (χ1) is 6.77. The van der Waals surface area contributed by atoms with Gasteiger partial charge in [0.05, 0.1) is 0 Å². The molecule has 0 aliphatic heterocycles. The van der Waals surface area contributed by atoms with Gasteiger partial charge in [0, 0.05) is 18.7 Å². The molecule has 0 aromatic carbocycles. The molecule has 1 aliphatic carbocycles. The normalized spacial score (nSPS) is 29.4. The van der Waals surface area contributed by atoms with E-state index >= 15 is 0 Å². The molecule has 0 saturated heterocycles. The van der Waals surface area contributed by atoms with Gasteiger partial charge in [-0.25, -0.2) is 0 Å². The Kier molecular flexibility index (Phi) is 5.49. The van der Waals surface area contributed by atoms with Crippen molar-refractivity contribution in [3.63, 3.8) is 0 Å². The van der Waals surface area contributed by atoms with E-state index in [0.29, 0.717) is 12.6 Å². The molecule has 0 aromatic rings. The van der Waals surface area contributed by atoms with Gasteiger partial charge in [-0.05, 0) is 38.5 Å². The average molecular weight is 199 g/mol. The molecule has 3 atom stereocenters. The Bertz CT molecular complexity index is 149. The second-order valence-corrected chi connectivity index (χ2v) is 4.64. The highest BCUT2D eigenvalue weighted by atomic mass is 16.2. The Balaban J connectivity index is 2.21. The summed E-state index contributed by atoms with van der Waals surface area (Å²) in [7, 11) is 0. The van der Waals surface area contributed by atoms with Crippen LogP contribution in [0.5, 0.6) is 0 Å². The van der Waals surface area contributed by atoms with Crippen molar-refractivity contribution in [2.24, 2.45) is 5.92 Å². The second-order valence-electron chi connectivity index (χ2n) is 4.64. The summed E-state index contributed by atoms with van der Waals surface area (Å²) in [4.78, 5) is 0. The Hall–Kier alpha value is -0.0800. The van der Waals surface area contributed by atoms with E-state index in [1.807, 2.05) is 0 Å². The van der Waals surface area contributed by atoms with Crippen molar-refractivity contribution in [1.29, 1.82) is 0 Å². The predicted octanol–water partition coefficient (Wildman–Crippen LogP) is 2.32. The molecule has 1 aliphatic rings. The summed E-state index contributed by atoms with van der Waals surface area (Å²) < 4.78 is 0. The van der Waals surface area contributed by atoms with Crippen LogP contribution in [0.1, 0.15) is 52.4 Å². The summed E-state index contributed by atoms with van der Waals surface area (Å²) >= 11 is 0. The lowest BCUT2D eigenvalue weighted by atomic mass is 9.99. The minimum absolute atomic E-state index is 0.327. The zero-order chi connectivity index (χ0) is 10.4. The van der Waals surface area contributed by atoms with Crippen LogP contribution < -0.4 is 5.32 Å². The molecular formula is C12H25NO. The van der Waals surface area contributed by atoms with Gasteiger partial charge in [0.25, 0.3) is 0 Å². The highest BCUT2D eigenvalue weighted by Gasteiger charge is 2.26. The van der Waals surface area contributed by atoms with Crippen molar-refractivity contribution in [1.82, 2.24) is 5.32 Å². The fourth-order valence-electron chi connectivity index (χ4n) is 2.59. The van der Waals surface area contributed by atoms with E-state index in [1.54, 1.807) is 0 Å². The smallest absolute Gasteiger partial charge is 0.0431 e. The lowest BCUT2D eigenvalue weighted by Crippen LogP contribution is -2.38. The van der Waals surface area contributed by atoms with Crippen LogP contribution in [-0.2, 0) is 0 Å². The van der Waals surface area contributed by atoms with Crippen LogP contribution in [0.15, 0.2) is 0 Å². The quantitative estimate of drug-likeness (QED) is 0.688. The molecule has 0 heterocycles. The molecule has 1 fully saturated rings. The van der Waals surface area contributed by atoms with Gasteiger partial charge in [0.2, 0.25) is 0 Å². The molecule has 2 N–H and O–H groups in total.